The maximum Gasteiger partial charge on any atom is 0.340 e. The highest BCUT2D eigenvalue weighted by molar-refractivity contribution is 6.00. The van der Waals surface area contributed by atoms with Gasteiger partial charge in [0.15, 0.2) is 0 Å². The summed E-state index contributed by atoms with van der Waals surface area (Å²) in [6, 6.07) is 10.2. The van der Waals surface area contributed by atoms with E-state index in [9.17, 15) is 25.0 Å². The Kier molecular flexibility index (Phi) is 5.05. The number of nitro groups is 2. The lowest BCUT2D eigenvalue weighted by molar-refractivity contribution is -0.393. The average Bonchev–Trinajstić information content (AvgIpc) is 2.55. The monoisotopic (exact) mass is 331 g/mol. The van der Waals surface area contributed by atoms with Gasteiger partial charge in [0.2, 0.25) is 0 Å². The fraction of sp³-hybridized carbons (Fsp3) is 0.133. The van der Waals surface area contributed by atoms with E-state index in [0.29, 0.717) is 5.69 Å². The first-order chi connectivity index (χ1) is 11.4. The highest BCUT2D eigenvalue weighted by atomic mass is 16.6. The Morgan fingerprint density at radius 1 is 1.12 bits per heavy atom. The zero-order chi connectivity index (χ0) is 17.7. The number of rotatable bonds is 6. The van der Waals surface area contributed by atoms with Crippen molar-refractivity contribution in [1.82, 2.24) is 0 Å². The molecule has 124 valence electrons. The second kappa shape index (κ2) is 7.18. The Hall–Kier alpha value is -3.49. The lowest BCUT2D eigenvalue weighted by Crippen LogP contribution is -2.11. The molecule has 0 amide bonds. The van der Waals surface area contributed by atoms with Crippen molar-refractivity contribution < 1.29 is 19.4 Å². The lowest BCUT2D eigenvalue weighted by Gasteiger charge is -2.12. The first-order valence-corrected chi connectivity index (χ1v) is 6.90. The number of non-ortho nitro benzene ring substituents is 1. The molecule has 0 bridgehead atoms. The topological polar surface area (TPSA) is 125 Å². The van der Waals surface area contributed by atoms with E-state index in [1.165, 1.54) is 0 Å². The minimum atomic E-state index is -0.886. The van der Waals surface area contributed by atoms with Crippen LogP contribution in [0.4, 0.5) is 22.7 Å². The molecule has 9 nitrogen and oxygen atoms in total. The molecule has 0 spiro atoms. The minimum absolute atomic E-state index is 0.0279. The van der Waals surface area contributed by atoms with Crippen molar-refractivity contribution in [1.29, 1.82) is 0 Å². The minimum Gasteiger partial charge on any atom is -0.462 e. The summed E-state index contributed by atoms with van der Waals surface area (Å²) in [4.78, 5) is 32.8. The third-order valence-electron chi connectivity index (χ3n) is 3.05. The molecule has 24 heavy (non-hydrogen) atoms. The van der Waals surface area contributed by atoms with E-state index in [2.05, 4.69) is 5.32 Å². The smallest absolute Gasteiger partial charge is 0.340 e. The van der Waals surface area contributed by atoms with Crippen molar-refractivity contribution in [3.63, 3.8) is 0 Å². The van der Waals surface area contributed by atoms with E-state index in [-0.39, 0.29) is 17.9 Å². The van der Waals surface area contributed by atoms with Gasteiger partial charge in [-0.25, -0.2) is 4.79 Å². The van der Waals surface area contributed by atoms with E-state index in [1.807, 2.05) is 0 Å². The highest BCUT2D eigenvalue weighted by Crippen LogP contribution is 2.35. The molecule has 2 rings (SSSR count). The fourth-order valence-electron chi connectivity index (χ4n) is 2.03. The predicted molar refractivity (Wildman–Crippen MR) is 85.4 cm³/mol. The van der Waals surface area contributed by atoms with Gasteiger partial charge in [-0.05, 0) is 19.1 Å². The number of benzene rings is 2. The van der Waals surface area contributed by atoms with Crippen molar-refractivity contribution in [3.8, 4) is 0 Å². The Balaban J connectivity index is 2.65. The quantitative estimate of drug-likeness (QED) is 0.488. The number of hydrogen-bond acceptors (Lipinski definition) is 7. The van der Waals surface area contributed by atoms with Crippen LogP contribution in [0.3, 0.4) is 0 Å². The summed E-state index contributed by atoms with van der Waals surface area (Å²) in [5.41, 5.74) is -1.10. The Bertz CT molecular complexity index is 791. The van der Waals surface area contributed by atoms with Crippen molar-refractivity contribution in [2.75, 3.05) is 11.9 Å². The van der Waals surface area contributed by atoms with Gasteiger partial charge in [-0.1, -0.05) is 18.2 Å². The van der Waals surface area contributed by atoms with Gasteiger partial charge in [-0.2, -0.15) is 0 Å². The summed E-state index contributed by atoms with van der Waals surface area (Å²) in [5.74, 6) is -0.886. The standard InChI is InChI=1S/C15H13N3O6/c1-2-24-15(19)12-8-11(17(20)21)9-13(18(22)23)14(12)16-10-6-4-3-5-7-10/h3-9,16H,2H2,1H3. The number of nitrogens with zero attached hydrogens (tertiary/aromatic N) is 2. The Labute approximate surface area is 136 Å². The van der Waals surface area contributed by atoms with Gasteiger partial charge in [0, 0.05) is 11.8 Å². The Morgan fingerprint density at radius 3 is 2.33 bits per heavy atom. The van der Waals surface area contributed by atoms with Gasteiger partial charge in [0.05, 0.1) is 28.1 Å². The summed E-state index contributed by atoms with van der Waals surface area (Å²) < 4.78 is 4.85. The van der Waals surface area contributed by atoms with E-state index in [4.69, 9.17) is 4.74 Å². The lowest BCUT2D eigenvalue weighted by atomic mass is 10.1. The summed E-state index contributed by atoms with van der Waals surface area (Å²) in [5, 5.41) is 25.1. The number of para-hydroxylation sites is 1. The van der Waals surface area contributed by atoms with Crippen molar-refractivity contribution >= 4 is 28.7 Å². The van der Waals surface area contributed by atoms with Gasteiger partial charge >= 0.3 is 5.97 Å². The van der Waals surface area contributed by atoms with Crippen LogP contribution in [0.15, 0.2) is 42.5 Å². The van der Waals surface area contributed by atoms with Crippen LogP contribution in [0.25, 0.3) is 0 Å². The third kappa shape index (κ3) is 3.64. The molecule has 0 atom stereocenters. The van der Waals surface area contributed by atoms with Crippen LogP contribution in [0.2, 0.25) is 0 Å². The molecule has 0 aliphatic heterocycles. The molecule has 2 aromatic rings. The second-order valence-electron chi connectivity index (χ2n) is 4.61. The molecule has 2 aromatic carbocycles. The zero-order valence-electron chi connectivity index (χ0n) is 12.6. The van der Waals surface area contributed by atoms with Crippen molar-refractivity contribution in [3.05, 3.63) is 68.3 Å². The van der Waals surface area contributed by atoms with Crippen LogP contribution in [0, 0.1) is 20.2 Å². The number of nitro benzene ring substituents is 2. The van der Waals surface area contributed by atoms with Gasteiger partial charge in [-0.3, -0.25) is 20.2 Å². The molecule has 0 aliphatic carbocycles. The van der Waals surface area contributed by atoms with E-state index >= 15 is 0 Å². The number of carbonyl (C=O) groups excluding carboxylic acids is 1. The van der Waals surface area contributed by atoms with Crippen LogP contribution >= 0.6 is 0 Å². The maximum atomic E-state index is 12.1. The van der Waals surface area contributed by atoms with Gasteiger partial charge < -0.3 is 10.1 Å². The number of ether oxygens (including phenoxy) is 1. The van der Waals surface area contributed by atoms with Gasteiger partial charge in [0.25, 0.3) is 11.4 Å². The summed E-state index contributed by atoms with van der Waals surface area (Å²) >= 11 is 0. The number of esters is 1. The summed E-state index contributed by atoms with van der Waals surface area (Å²) in [7, 11) is 0. The Morgan fingerprint density at radius 2 is 1.79 bits per heavy atom. The number of hydrogen-bond donors (Lipinski definition) is 1. The number of anilines is 2. The molecule has 0 saturated heterocycles. The molecule has 9 heteroatoms. The van der Waals surface area contributed by atoms with Gasteiger partial charge in [0.1, 0.15) is 5.69 Å². The molecule has 0 radical (unpaired) electrons. The summed E-state index contributed by atoms with van der Waals surface area (Å²) in [6.45, 7) is 1.59. The first-order valence-electron chi connectivity index (χ1n) is 6.90. The molecule has 0 saturated carbocycles. The molecular formula is C15H13N3O6. The third-order valence-corrected chi connectivity index (χ3v) is 3.05. The normalized spacial score (nSPS) is 10.0. The van der Waals surface area contributed by atoms with Crippen LogP contribution in [-0.4, -0.2) is 22.4 Å². The van der Waals surface area contributed by atoms with Gasteiger partial charge in [-0.15, -0.1) is 0 Å². The molecular weight excluding hydrogens is 318 g/mol. The van der Waals surface area contributed by atoms with E-state index < -0.39 is 27.2 Å². The van der Waals surface area contributed by atoms with Crippen LogP contribution in [0.1, 0.15) is 17.3 Å². The number of nitrogens with one attached hydrogen (secondary N) is 1. The molecule has 1 N–H and O–H groups in total. The average molecular weight is 331 g/mol. The molecule has 0 heterocycles. The summed E-state index contributed by atoms with van der Waals surface area (Å²) in [6.07, 6.45) is 0. The SMILES string of the molecule is CCOC(=O)c1cc([N+](=O)[O-])cc([N+](=O)[O-])c1Nc1ccccc1. The van der Waals surface area contributed by atoms with Crippen molar-refractivity contribution in [2.24, 2.45) is 0 Å². The zero-order valence-corrected chi connectivity index (χ0v) is 12.6. The molecule has 0 fully saturated rings. The second-order valence-corrected chi connectivity index (χ2v) is 4.61. The van der Waals surface area contributed by atoms with Crippen LogP contribution in [-0.2, 0) is 4.74 Å². The number of carbonyl (C=O) groups is 1. The molecule has 0 unspecified atom stereocenters. The first kappa shape index (κ1) is 16.9. The fourth-order valence-corrected chi connectivity index (χ4v) is 2.03. The molecule has 0 aliphatic rings. The van der Waals surface area contributed by atoms with Crippen molar-refractivity contribution in [2.45, 2.75) is 6.92 Å². The van der Waals surface area contributed by atoms with E-state index in [1.54, 1.807) is 37.3 Å². The predicted octanol–water partition coefficient (Wildman–Crippen LogP) is 3.42. The van der Waals surface area contributed by atoms with E-state index in [0.717, 1.165) is 12.1 Å². The largest absolute Gasteiger partial charge is 0.462 e. The highest BCUT2D eigenvalue weighted by Gasteiger charge is 2.28. The van der Waals surface area contributed by atoms with Crippen LogP contribution < -0.4 is 5.32 Å². The molecule has 0 aromatic heterocycles. The maximum absolute atomic E-state index is 12.1. The van der Waals surface area contributed by atoms with Crippen LogP contribution in [0.5, 0.6) is 0 Å².